The number of halogens is 1. The molecule has 0 spiro atoms. The average Bonchev–Trinajstić information content (AvgIpc) is 2.27. The molecule has 0 amide bonds. The molecule has 0 heterocycles. The Morgan fingerprint density at radius 1 is 1.47 bits per heavy atom. The molecule has 0 radical (unpaired) electrons. The summed E-state index contributed by atoms with van der Waals surface area (Å²) in [5.74, 6) is 0.559. The second-order valence-electron chi connectivity index (χ2n) is 4.24. The van der Waals surface area contributed by atoms with E-state index in [4.69, 9.17) is 0 Å². The van der Waals surface area contributed by atoms with E-state index in [2.05, 4.69) is 42.0 Å². The maximum absolute atomic E-state index is 10.7. The van der Waals surface area contributed by atoms with Crippen LogP contribution < -0.4 is 5.32 Å². The number of nitrogens with one attached hydrogen (secondary N) is 1. The third-order valence-corrected chi connectivity index (χ3v) is 3.67. The Kier molecular flexibility index (Phi) is 4.93. The highest BCUT2D eigenvalue weighted by Gasteiger charge is 2.14. The van der Waals surface area contributed by atoms with Gasteiger partial charge in [0.2, 0.25) is 0 Å². The molecule has 2 atom stereocenters. The van der Waals surface area contributed by atoms with E-state index in [0.717, 1.165) is 12.1 Å². The number of anilines is 1. The van der Waals surface area contributed by atoms with E-state index in [-0.39, 0.29) is 5.69 Å². The highest BCUT2D eigenvalue weighted by atomic mass is 79.9. The molecule has 0 aliphatic carbocycles. The van der Waals surface area contributed by atoms with E-state index in [1.54, 1.807) is 12.1 Å². The Balaban J connectivity index is 2.81. The molecule has 1 aromatic rings. The fourth-order valence-electron chi connectivity index (χ4n) is 1.50. The molecule has 4 nitrogen and oxygen atoms in total. The first-order valence-electron chi connectivity index (χ1n) is 5.66. The number of hydrogen-bond donors (Lipinski definition) is 1. The predicted molar refractivity (Wildman–Crippen MR) is 73.3 cm³/mol. The molecule has 0 aliphatic heterocycles. The summed E-state index contributed by atoms with van der Waals surface area (Å²) in [6.07, 6.45) is 1.10. The Bertz CT molecular complexity index is 409. The van der Waals surface area contributed by atoms with E-state index in [0.29, 0.717) is 16.4 Å². The predicted octanol–water partition coefficient (Wildman–Crippen LogP) is 4.20. The van der Waals surface area contributed by atoms with Crippen LogP contribution >= 0.6 is 15.9 Å². The molecule has 1 aromatic carbocycles. The van der Waals surface area contributed by atoms with Crippen LogP contribution in [0.15, 0.2) is 22.7 Å². The monoisotopic (exact) mass is 300 g/mol. The van der Waals surface area contributed by atoms with Crippen molar-refractivity contribution in [3.05, 3.63) is 32.8 Å². The SMILES string of the molecule is CCC(C)C(C)Nc1ccc([N+](=O)[O-])c(Br)c1. The van der Waals surface area contributed by atoms with Crippen LogP contribution in [0.4, 0.5) is 11.4 Å². The van der Waals surface area contributed by atoms with Crippen LogP contribution in [0, 0.1) is 16.0 Å². The molecule has 0 fully saturated rings. The van der Waals surface area contributed by atoms with Crippen molar-refractivity contribution in [3.8, 4) is 0 Å². The van der Waals surface area contributed by atoms with Crippen molar-refractivity contribution in [2.24, 2.45) is 5.92 Å². The second-order valence-corrected chi connectivity index (χ2v) is 5.10. The van der Waals surface area contributed by atoms with Gasteiger partial charge in [-0.2, -0.15) is 0 Å². The summed E-state index contributed by atoms with van der Waals surface area (Å²) in [7, 11) is 0. The molecule has 94 valence electrons. The van der Waals surface area contributed by atoms with E-state index >= 15 is 0 Å². The van der Waals surface area contributed by atoms with Crippen molar-refractivity contribution in [3.63, 3.8) is 0 Å². The molecule has 0 bridgehead atoms. The van der Waals surface area contributed by atoms with Gasteiger partial charge in [-0.25, -0.2) is 0 Å². The van der Waals surface area contributed by atoms with Crippen molar-refractivity contribution in [2.75, 3.05) is 5.32 Å². The van der Waals surface area contributed by atoms with Crippen molar-refractivity contribution < 1.29 is 4.92 Å². The van der Waals surface area contributed by atoms with E-state index in [1.165, 1.54) is 6.07 Å². The number of rotatable bonds is 5. The zero-order valence-electron chi connectivity index (χ0n) is 10.2. The number of hydrogen-bond acceptors (Lipinski definition) is 3. The standard InChI is InChI=1S/C12H17BrN2O2/c1-4-8(2)9(3)14-10-5-6-12(15(16)17)11(13)7-10/h5-9,14H,4H2,1-3H3. The molecule has 0 saturated carbocycles. The molecular formula is C12H17BrN2O2. The van der Waals surface area contributed by atoms with Crippen LogP contribution in [-0.4, -0.2) is 11.0 Å². The minimum absolute atomic E-state index is 0.0896. The van der Waals surface area contributed by atoms with E-state index in [9.17, 15) is 10.1 Å². The Morgan fingerprint density at radius 3 is 2.59 bits per heavy atom. The fraction of sp³-hybridized carbons (Fsp3) is 0.500. The third-order valence-electron chi connectivity index (χ3n) is 3.04. The molecular weight excluding hydrogens is 284 g/mol. The summed E-state index contributed by atoms with van der Waals surface area (Å²) in [6, 6.07) is 5.34. The van der Waals surface area contributed by atoms with Gasteiger partial charge < -0.3 is 5.32 Å². The van der Waals surface area contributed by atoms with Gasteiger partial charge in [-0.15, -0.1) is 0 Å². The minimum atomic E-state index is -0.397. The lowest BCUT2D eigenvalue weighted by atomic mass is 10.0. The molecule has 0 saturated heterocycles. The highest BCUT2D eigenvalue weighted by molar-refractivity contribution is 9.10. The highest BCUT2D eigenvalue weighted by Crippen LogP contribution is 2.28. The van der Waals surface area contributed by atoms with Crippen LogP contribution in [0.3, 0.4) is 0 Å². The van der Waals surface area contributed by atoms with Crippen LogP contribution in [0.2, 0.25) is 0 Å². The van der Waals surface area contributed by atoms with Gasteiger partial charge in [-0.05, 0) is 40.9 Å². The second kappa shape index (κ2) is 6.00. The summed E-state index contributed by atoms with van der Waals surface area (Å²) in [5, 5.41) is 14.0. The number of nitro groups is 1. The summed E-state index contributed by atoms with van der Waals surface area (Å²) >= 11 is 3.21. The Hall–Kier alpha value is -1.10. The Labute approximate surface area is 110 Å². The first-order chi connectivity index (χ1) is 7.95. The molecule has 1 rings (SSSR count). The lowest BCUT2D eigenvalue weighted by molar-refractivity contribution is -0.385. The van der Waals surface area contributed by atoms with Crippen LogP contribution in [-0.2, 0) is 0 Å². The van der Waals surface area contributed by atoms with E-state index < -0.39 is 4.92 Å². The number of nitrogens with zero attached hydrogens (tertiary/aromatic N) is 1. The van der Waals surface area contributed by atoms with Crippen LogP contribution in [0.1, 0.15) is 27.2 Å². The zero-order valence-corrected chi connectivity index (χ0v) is 11.8. The molecule has 2 unspecified atom stereocenters. The smallest absolute Gasteiger partial charge is 0.283 e. The zero-order chi connectivity index (χ0) is 13.0. The van der Waals surface area contributed by atoms with Crippen LogP contribution in [0.25, 0.3) is 0 Å². The summed E-state index contributed by atoms with van der Waals surface area (Å²) in [4.78, 5) is 10.3. The van der Waals surface area contributed by atoms with E-state index in [1.807, 2.05) is 0 Å². The third kappa shape index (κ3) is 3.70. The van der Waals surface area contributed by atoms with Gasteiger partial charge in [0.25, 0.3) is 5.69 Å². The fourth-order valence-corrected chi connectivity index (χ4v) is 2.03. The molecule has 5 heteroatoms. The maximum Gasteiger partial charge on any atom is 0.283 e. The van der Waals surface area contributed by atoms with Gasteiger partial charge in [0, 0.05) is 17.8 Å². The largest absolute Gasteiger partial charge is 0.382 e. The van der Waals surface area contributed by atoms with Gasteiger partial charge in [0.15, 0.2) is 0 Å². The van der Waals surface area contributed by atoms with Gasteiger partial charge in [-0.1, -0.05) is 20.3 Å². The molecule has 0 aliphatic rings. The normalized spacial score (nSPS) is 14.1. The van der Waals surface area contributed by atoms with Crippen molar-refractivity contribution in [2.45, 2.75) is 33.2 Å². The number of nitro benzene ring substituents is 1. The lowest BCUT2D eigenvalue weighted by Gasteiger charge is -2.21. The van der Waals surface area contributed by atoms with Crippen molar-refractivity contribution in [1.82, 2.24) is 0 Å². The van der Waals surface area contributed by atoms with Crippen molar-refractivity contribution in [1.29, 1.82) is 0 Å². The van der Waals surface area contributed by atoms with Crippen molar-refractivity contribution >= 4 is 27.3 Å². The summed E-state index contributed by atoms with van der Waals surface area (Å²) < 4.78 is 0.504. The molecule has 0 aromatic heterocycles. The first-order valence-corrected chi connectivity index (χ1v) is 6.45. The molecule has 17 heavy (non-hydrogen) atoms. The summed E-state index contributed by atoms with van der Waals surface area (Å²) in [5.41, 5.74) is 0.988. The quantitative estimate of drug-likeness (QED) is 0.655. The number of benzene rings is 1. The van der Waals surface area contributed by atoms with Crippen LogP contribution in [0.5, 0.6) is 0 Å². The van der Waals surface area contributed by atoms with Gasteiger partial charge in [-0.3, -0.25) is 10.1 Å². The first kappa shape index (κ1) is 14.0. The van der Waals surface area contributed by atoms with Gasteiger partial charge in [0.05, 0.1) is 9.40 Å². The topological polar surface area (TPSA) is 55.2 Å². The minimum Gasteiger partial charge on any atom is -0.382 e. The Morgan fingerprint density at radius 2 is 2.12 bits per heavy atom. The average molecular weight is 301 g/mol. The van der Waals surface area contributed by atoms with Gasteiger partial charge in [0.1, 0.15) is 0 Å². The molecule has 1 N–H and O–H groups in total. The van der Waals surface area contributed by atoms with Gasteiger partial charge >= 0.3 is 0 Å². The maximum atomic E-state index is 10.7. The lowest BCUT2D eigenvalue weighted by Crippen LogP contribution is -2.23. The summed E-state index contributed by atoms with van der Waals surface area (Å²) in [6.45, 7) is 6.44.